The zero-order chi connectivity index (χ0) is 15.1. The number of benzene rings is 1. The first-order valence-electron chi connectivity index (χ1n) is 6.89. The van der Waals surface area contributed by atoms with Gasteiger partial charge in [-0.25, -0.2) is 4.98 Å². The molecule has 4 nitrogen and oxygen atoms in total. The minimum Gasteiger partial charge on any atom is -0.373 e. The molecule has 0 fully saturated rings. The maximum absolute atomic E-state index is 5.26. The number of aryl methyl sites for hydroxylation is 1. The van der Waals surface area contributed by atoms with Gasteiger partial charge in [-0.2, -0.15) is 0 Å². The zero-order valence-corrected chi connectivity index (χ0v) is 13.2. The van der Waals surface area contributed by atoms with Crippen molar-refractivity contribution < 1.29 is 0 Å². The Morgan fingerprint density at radius 3 is 2.62 bits per heavy atom. The average molecular weight is 300 g/mol. The molecule has 0 amide bonds. The van der Waals surface area contributed by atoms with Crippen molar-refractivity contribution in [1.82, 2.24) is 10.3 Å². The van der Waals surface area contributed by atoms with Gasteiger partial charge in [-0.15, -0.1) is 0 Å². The van der Waals surface area contributed by atoms with Gasteiger partial charge in [0, 0.05) is 32.0 Å². The summed E-state index contributed by atoms with van der Waals surface area (Å²) in [5.41, 5.74) is 2.32. The fourth-order valence-electron chi connectivity index (χ4n) is 1.85. The summed E-state index contributed by atoms with van der Waals surface area (Å²) in [5.74, 6) is 0.759. The Morgan fingerprint density at radius 1 is 1.19 bits per heavy atom. The van der Waals surface area contributed by atoms with Crippen LogP contribution < -0.4 is 15.5 Å². The molecule has 0 saturated carbocycles. The van der Waals surface area contributed by atoms with E-state index in [1.54, 1.807) is 0 Å². The molecule has 2 rings (SSSR count). The van der Waals surface area contributed by atoms with E-state index in [-0.39, 0.29) is 0 Å². The zero-order valence-electron chi connectivity index (χ0n) is 12.3. The van der Waals surface area contributed by atoms with E-state index in [1.807, 2.05) is 43.5 Å². The Balaban J connectivity index is 1.73. The molecule has 110 valence electrons. The minimum absolute atomic E-state index is 0.591. The number of para-hydroxylation sites is 1. The van der Waals surface area contributed by atoms with Crippen molar-refractivity contribution in [3.05, 3.63) is 54.2 Å². The highest BCUT2D eigenvalue weighted by Crippen LogP contribution is 2.09. The number of rotatable bonds is 5. The maximum atomic E-state index is 5.26. The second kappa shape index (κ2) is 7.59. The highest BCUT2D eigenvalue weighted by atomic mass is 32.1. The SMILES string of the molecule is Cc1ccc(NC(=S)NCCN(C)c2ccccc2)nc1. The van der Waals surface area contributed by atoms with Crippen LogP contribution in [0.1, 0.15) is 5.56 Å². The van der Waals surface area contributed by atoms with Crippen LogP contribution in [0.4, 0.5) is 11.5 Å². The first-order valence-corrected chi connectivity index (χ1v) is 7.29. The Kier molecular flexibility index (Phi) is 5.51. The van der Waals surface area contributed by atoms with Gasteiger partial charge in [0.15, 0.2) is 5.11 Å². The van der Waals surface area contributed by atoms with Crippen molar-refractivity contribution in [2.45, 2.75) is 6.92 Å². The molecule has 2 aromatic rings. The van der Waals surface area contributed by atoms with E-state index in [4.69, 9.17) is 12.2 Å². The summed E-state index contributed by atoms with van der Waals surface area (Å²) in [4.78, 5) is 6.44. The normalized spacial score (nSPS) is 10.0. The lowest BCUT2D eigenvalue weighted by Crippen LogP contribution is -2.35. The van der Waals surface area contributed by atoms with Gasteiger partial charge in [0.25, 0.3) is 0 Å². The summed E-state index contributed by atoms with van der Waals surface area (Å²) >= 11 is 5.26. The van der Waals surface area contributed by atoms with Crippen molar-refractivity contribution in [1.29, 1.82) is 0 Å². The van der Waals surface area contributed by atoms with Gasteiger partial charge in [0.05, 0.1) is 0 Å². The van der Waals surface area contributed by atoms with Crippen LogP contribution in [0.25, 0.3) is 0 Å². The van der Waals surface area contributed by atoms with Crippen LogP contribution in [0.15, 0.2) is 48.7 Å². The molecular formula is C16H20N4S. The van der Waals surface area contributed by atoms with Crippen LogP contribution >= 0.6 is 12.2 Å². The Hall–Kier alpha value is -2.14. The molecule has 2 N–H and O–H groups in total. The third kappa shape index (κ3) is 5.04. The lowest BCUT2D eigenvalue weighted by molar-refractivity contribution is 0.827. The number of hydrogen-bond donors (Lipinski definition) is 2. The van der Waals surface area contributed by atoms with Crippen LogP contribution in [-0.4, -0.2) is 30.2 Å². The van der Waals surface area contributed by atoms with E-state index in [0.29, 0.717) is 5.11 Å². The summed E-state index contributed by atoms with van der Waals surface area (Å²) in [7, 11) is 2.06. The quantitative estimate of drug-likeness (QED) is 0.831. The van der Waals surface area contributed by atoms with Crippen molar-refractivity contribution in [3.8, 4) is 0 Å². The first-order chi connectivity index (χ1) is 10.1. The van der Waals surface area contributed by atoms with Gasteiger partial charge in [-0.05, 0) is 42.9 Å². The van der Waals surface area contributed by atoms with E-state index < -0.39 is 0 Å². The van der Waals surface area contributed by atoms with Crippen molar-refractivity contribution in [3.63, 3.8) is 0 Å². The van der Waals surface area contributed by atoms with Crippen LogP contribution in [0.5, 0.6) is 0 Å². The largest absolute Gasteiger partial charge is 0.373 e. The molecule has 0 aliphatic heterocycles. The molecule has 0 unspecified atom stereocenters. The minimum atomic E-state index is 0.591. The van der Waals surface area contributed by atoms with Crippen molar-refractivity contribution >= 4 is 28.8 Å². The van der Waals surface area contributed by atoms with E-state index >= 15 is 0 Å². The second-order valence-corrected chi connectivity index (χ2v) is 5.27. The van der Waals surface area contributed by atoms with Gasteiger partial charge >= 0.3 is 0 Å². The number of likely N-dealkylation sites (N-methyl/N-ethyl adjacent to an activating group) is 1. The number of aromatic nitrogens is 1. The van der Waals surface area contributed by atoms with E-state index in [9.17, 15) is 0 Å². The Bertz CT molecular complexity index is 569. The number of pyridine rings is 1. The van der Waals surface area contributed by atoms with Gasteiger partial charge in [-0.1, -0.05) is 24.3 Å². The standard InChI is InChI=1S/C16H20N4S/c1-13-8-9-15(18-12-13)19-16(21)17-10-11-20(2)14-6-4-3-5-7-14/h3-9,12H,10-11H2,1-2H3,(H2,17,18,19,21). The predicted molar refractivity (Wildman–Crippen MR) is 92.9 cm³/mol. The predicted octanol–water partition coefficient (Wildman–Crippen LogP) is 2.81. The van der Waals surface area contributed by atoms with Crippen LogP contribution in [0.2, 0.25) is 0 Å². The highest BCUT2D eigenvalue weighted by molar-refractivity contribution is 7.80. The summed E-state index contributed by atoms with van der Waals surface area (Å²) in [6, 6.07) is 14.2. The molecule has 0 bridgehead atoms. The summed E-state index contributed by atoms with van der Waals surface area (Å²) < 4.78 is 0. The number of thiocarbonyl (C=S) groups is 1. The van der Waals surface area contributed by atoms with Gasteiger partial charge in [-0.3, -0.25) is 0 Å². The fourth-order valence-corrected chi connectivity index (χ4v) is 2.06. The molecule has 0 atom stereocenters. The summed E-state index contributed by atoms with van der Waals surface area (Å²) in [5, 5.41) is 6.85. The molecule has 0 radical (unpaired) electrons. The fraction of sp³-hybridized carbons (Fsp3) is 0.250. The first kappa shape index (κ1) is 15.3. The number of nitrogens with zero attached hydrogens (tertiary/aromatic N) is 2. The van der Waals surface area contributed by atoms with Gasteiger partial charge in [0.2, 0.25) is 0 Å². The van der Waals surface area contributed by atoms with Gasteiger partial charge in [0.1, 0.15) is 5.82 Å². The van der Waals surface area contributed by atoms with Crippen LogP contribution in [-0.2, 0) is 0 Å². The molecule has 1 heterocycles. The van der Waals surface area contributed by atoms with E-state index in [2.05, 4.69) is 39.7 Å². The number of nitrogens with one attached hydrogen (secondary N) is 2. The highest BCUT2D eigenvalue weighted by Gasteiger charge is 2.01. The number of anilines is 2. The Labute approximate surface area is 131 Å². The molecule has 5 heteroatoms. The molecule has 21 heavy (non-hydrogen) atoms. The topological polar surface area (TPSA) is 40.2 Å². The molecule has 0 saturated heterocycles. The number of hydrogen-bond acceptors (Lipinski definition) is 3. The molecule has 1 aromatic heterocycles. The molecule has 0 aliphatic rings. The van der Waals surface area contributed by atoms with Crippen LogP contribution in [0.3, 0.4) is 0 Å². The third-order valence-corrected chi connectivity index (χ3v) is 3.33. The maximum Gasteiger partial charge on any atom is 0.172 e. The van der Waals surface area contributed by atoms with Crippen LogP contribution in [0, 0.1) is 6.92 Å². The molecule has 0 spiro atoms. The van der Waals surface area contributed by atoms with E-state index in [0.717, 1.165) is 24.5 Å². The monoisotopic (exact) mass is 300 g/mol. The van der Waals surface area contributed by atoms with Gasteiger partial charge < -0.3 is 15.5 Å². The van der Waals surface area contributed by atoms with E-state index in [1.165, 1.54) is 5.69 Å². The third-order valence-electron chi connectivity index (χ3n) is 3.08. The molecule has 0 aliphatic carbocycles. The molecule has 1 aromatic carbocycles. The lowest BCUT2D eigenvalue weighted by atomic mass is 10.3. The smallest absolute Gasteiger partial charge is 0.172 e. The lowest BCUT2D eigenvalue weighted by Gasteiger charge is -2.20. The summed E-state index contributed by atoms with van der Waals surface area (Å²) in [6.45, 7) is 3.64. The second-order valence-electron chi connectivity index (χ2n) is 4.86. The molecular weight excluding hydrogens is 280 g/mol. The summed E-state index contributed by atoms with van der Waals surface area (Å²) in [6.07, 6.45) is 1.81. The average Bonchev–Trinajstić information content (AvgIpc) is 2.50. The van der Waals surface area contributed by atoms with Crippen molar-refractivity contribution in [2.24, 2.45) is 0 Å². The van der Waals surface area contributed by atoms with Crippen molar-refractivity contribution in [2.75, 3.05) is 30.4 Å². The Morgan fingerprint density at radius 2 is 1.95 bits per heavy atom.